The van der Waals surface area contributed by atoms with Gasteiger partial charge in [0.25, 0.3) is 0 Å². The first kappa shape index (κ1) is 24.9. The molecule has 1 heterocycles. The lowest BCUT2D eigenvalue weighted by Crippen LogP contribution is -2.48. The summed E-state index contributed by atoms with van der Waals surface area (Å²) in [5.74, 6) is 0.736. The Morgan fingerprint density at radius 1 is 1.19 bits per heavy atom. The van der Waals surface area contributed by atoms with Crippen LogP contribution in [0.15, 0.2) is 47.5 Å². The van der Waals surface area contributed by atoms with E-state index in [2.05, 4.69) is 26.6 Å². The standard InChI is InChI=1S/C23H28FN5O.HI/c1-26-23(27-15-18-5-3-17(14-25)4-6-18)28-20-9-11-29(12-10-20)16-19-7-8-22(30-2)21(24)13-19;/h3-8,13,20H,9-12,15-16H2,1-2H3,(H2,26,27,28);1H. The Bertz CT molecular complexity index is 905. The van der Waals surface area contributed by atoms with Crippen LogP contribution in [0.1, 0.15) is 29.5 Å². The molecular weight excluding hydrogens is 508 g/mol. The van der Waals surface area contributed by atoms with E-state index < -0.39 is 0 Å². The van der Waals surface area contributed by atoms with E-state index in [1.165, 1.54) is 7.11 Å². The molecule has 1 saturated heterocycles. The molecule has 0 saturated carbocycles. The molecule has 2 aromatic rings. The topological polar surface area (TPSA) is 72.7 Å². The normalized spacial score (nSPS) is 15.0. The van der Waals surface area contributed by atoms with Crippen LogP contribution in [0.5, 0.6) is 5.75 Å². The zero-order valence-corrected chi connectivity index (χ0v) is 20.2. The number of likely N-dealkylation sites (tertiary alicyclic amines) is 1. The Kier molecular flexibility index (Phi) is 10.0. The molecule has 0 bridgehead atoms. The van der Waals surface area contributed by atoms with Gasteiger partial charge >= 0.3 is 0 Å². The number of nitriles is 1. The Morgan fingerprint density at radius 3 is 2.45 bits per heavy atom. The second-order valence-corrected chi connectivity index (χ2v) is 7.40. The van der Waals surface area contributed by atoms with Crippen LogP contribution in [-0.4, -0.2) is 44.1 Å². The van der Waals surface area contributed by atoms with Gasteiger partial charge in [0.1, 0.15) is 0 Å². The summed E-state index contributed by atoms with van der Waals surface area (Å²) in [6, 6.07) is 15.2. The van der Waals surface area contributed by atoms with Crippen LogP contribution in [0.3, 0.4) is 0 Å². The van der Waals surface area contributed by atoms with Gasteiger partial charge in [0, 0.05) is 39.3 Å². The van der Waals surface area contributed by atoms with Crippen molar-refractivity contribution in [2.45, 2.75) is 32.0 Å². The van der Waals surface area contributed by atoms with Gasteiger partial charge in [0.15, 0.2) is 17.5 Å². The summed E-state index contributed by atoms with van der Waals surface area (Å²) < 4.78 is 18.9. The van der Waals surface area contributed by atoms with Crippen LogP contribution >= 0.6 is 24.0 Å². The van der Waals surface area contributed by atoms with Crippen molar-refractivity contribution in [1.82, 2.24) is 15.5 Å². The number of nitrogens with one attached hydrogen (secondary N) is 2. The Labute approximate surface area is 200 Å². The van der Waals surface area contributed by atoms with Crippen LogP contribution in [0, 0.1) is 17.1 Å². The quantitative estimate of drug-likeness (QED) is 0.335. The molecule has 0 amide bonds. The lowest BCUT2D eigenvalue weighted by atomic mass is 10.0. The fourth-order valence-electron chi connectivity index (χ4n) is 3.57. The van der Waals surface area contributed by atoms with Crippen molar-refractivity contribution in [1.29, 1.82) is 5.26 Å². The average molecular weight is 537 g/mol. The first-order valence-corrected chi connectivity index (χ1v) is 10.1. The van der Waals surface area contributed by atoms with E-state index in [0.29, 0.717) is 18.2 Å². The molecule has 1 fully saturated rings. The minimum absolute atomic E-state index is 0. The van der Waals surface area contributed by atoms with Gasteiger partial charge in [-0.2, -0.15) is 5.26 Å². The zero-order chi connectivity index (χ0) is 21.3. The molecule has 2 N–H and O–H groups in total. The molecule has 0 atom stereocenters. The van der Waals surface area contributed by atoms with E-state index in [9.17, 15) is 4.39 Å². The van der Waals surface area contributed by atoms with Crippen molar-refractivity contribution < 1.29 is 9.13 Å². The molecule has 3 rings (SSSR count). The van der Waals surface area contributed by atoms with E-state index >= 15 is 0 Å². The number of benzene rings is 2. The van der Waals surface area contributed by atoms with Gasteiger partial charge in [-0.25, -0.2) is 4.39 Å². The first-order valence-electron chi connectivity index (χ1n) is 10.1. The minimum Gasteiger partial charge on any atom is -0.494 e. The number of guanidine groups is 1. The fraction of sp³-hybridized carbons (Fsp3) is 0.391. The Morgan fingerprint density at radius 2 is 1.87 bits per heavy atom. The highest BCUT2D eigenvalue weighted by Crippen LogP contribution is 2.20. The highest BCUT2D eigenvalue weighted by atomic mass is 127. The number of rotatable bonds is 6. The maximum Gasteiger partial charge on any atom is 0.191 e. The smallest absolute Gasteiger partial charge is 0.191 e. The van der Waals surface area contributed by atoms with Gasteiger partial charge in [0.05, 0.1) is 18.7 Å². The minimum atomic E-state index is -0.316. The van der Waals surface area contributed by atoms with Gasteiger partial charge in [-0.15, -0.1) is 24.0 Å². The Balaban J connectivity index is 0.00000341. The molecular formula is C23H29FIN5O. The average Bonchev–Trinajstić information content (AvgIpc) is 2.78. The number of ether oxygens (including phenoxy) is 1. The molecule has 0 radical (unpaired) electrons. The van der Waals surface area contributed by atoms with E-state index in [0.717, 1.165) is 49.6 Å². The first-order chi connectivity index (χ1) is 14.6. The van der Waals surface area contributed by atoms with E-state index in [1.807, 2.05) is 30.3 Å². The van der Waals surface area contributed by atoms with Gasteiger partial charge in [-0.05, 0) is 48.2 Å². The number of piperidine rings is 1. The second kappa shape index (κ2) is 12.5. The predicted octanol–water partition coefficient (Wildman–Crippen LogP) is 3.65. The van der Waals surface area contributed by atoms with Crippen LogP contribution in [0.4, 0.5) is 4.39 Å². The number of halogens is 2. The fourth-order valence-corrected chi connectivity index (χ4v) is 3.57. The number of nitrogens with zero attached hydrogens (tertiary/aromatic N) is 3. The molecule has 1 aliphatic rings. The third-order valence-corrected chi connectivity index (χ3v) is 5.32. The summed E-state index contributed by atoms with van der Waals surface area (Å²) >= 11 is 0. The van der Waals surface area contributed by atoms with Crippen LogP contribution in [0.2, 0.25) is 0 Å². The molecule has 6 nitrogen and oxygen atoms in total. The third kappa shape index (κ3) is 7.36. The van der Waals surface area contributed by atoms with Gasteiger partial charge in [-0.1, -0.05) is 18.2 Å². The van der Waals surface area contributed by atoms with E-state index in [1.54, 1.807) is 19.2 Å². The van der Waals surface area contributed by atoms with Gasteiger partial charge < -0.3 is 15.4 Å². The van der Waals surface area contributed by atoms with Crippen molar-refractivity contribution >= 4 is 29.9 Å². The van der Waals surface area contributed by atoms with Crippen LogP contribution in [0.25, 0.3) is 0 Å². The number of aliphatic imine (C=N–C) groups is 1. The molecule has 0 spiro atoms. The summed E-state index contributed by atoms with van der Waals surface area (Å²) in [6.07, 6.45) is 1.99. The Hall–Kier alpha value is -2.38. The zero-order valence-electron chi connectivity index (χ0n) is 17.9. The van der Waals surface area contributed by atoms with Gasteiger partial charge in [-0.3, -0.25) is 9.89 Å². The molecule has 0 unspecified atom stereocenters. The molecule has 8 heteroatoms. The summed E-state index contributed by atoms with van der Waals surface area (Å²) in [5, 5.41) is 15.7. The molecule has 2 aromatic carbocycles. The third-order valence-electron chi connectivity index (χ3n) is 5.32. The highest BCUT2D eigenvalue weighted by Gasteiger charge is 2.20. The summed E-state index contributed by atoms with van der Waals surface area (Å²) in [5.41, 5.74) is 2.71. The number of hydrogen-bond acceptors (Lipinski definition) is 4. The molecule has 166 valence electrons. The summed E-state index contributed by atoms with van der Waals surface area (Å²) in [7, 11) is 3.24. The second-order valence-electron chi connectivity index (χ2n) is 7.40. The lowest BCUT2D eigenvalue weighted by molar-refractivity contribution is 0.198. The molecule has 0 aromatic heterocycles. The van der Waals surface area contributed by atoms with E-state index in [4.69, 9.17) is 10.00 Å². The number of methoxy groups -OCH3 is 1. The maximum absolute atomic E-state index is 13.9. The highest BCUT2D eigenvalue weighted by molar-refractivity contribution is 14.0. The predicted molar refractivity (Wildman–Crippen MR) is 131 cm³/mol. The van der Waals surface area contributed by atoms with Crippen LogP contribution in [-0.2, 0) is 13.1 Å². The monoisotopic (exact) mass is 537 g/mol. The van der Waals surface area contributed by atoms with Crippen molar-refractivity contribution in [2.75, 3.05) is 27.2 Å². The van der Waals surface area contributed by atoms with Gasteiger partial charge in [0.2, 0.25) is 0 Å². The van der Waals surface area contributed by atoms with Crippen molar-refractivity contribution in [3.8, 4) is 11.8 Å². The summed E-state index contributed by atoms with van der Waals surface area (Å²) in [4.78, 5) is 6.66. The number of hydrogen-bond donors (Lipinski definition) is 2. The SMILES string of the molecule is CN=C(NCc1ccc(C#N)cc1)NC1CCN(Cc2ccc(OC)c(F)c2)CC1.I. The molecule has 1 aliphatic heterocycles. The van der Waals surface area contributed by atoms with Crippen molar-refractivity contribution in [2.24, 2.45) is 4.99 Å². The lowest BCUT2D eigenvalue weighted by Gasteiger charge is -2.33. The van der Waals surface area contributed by atoms with Crippen molar-refractivity contribution in [3.05, 3.63) is 65.0 Å². The largest absolute Gasteiger partial charge is 0.494 e. The van der Waals surface area contributed by atoms with Crippen LogP contribution < -0.4 is 15.4 Å². The van der Waals surface area contributed by atoms with E-state index in [-0.39, 0.29) is 35.5 Å². The molecule has 31 heavy (non-hydrogen) atoms. The summed E-state index contributed by atoms with van der Waals surface area (Å²) in [6.45, 7) is 3.27. The molecule has 0 aliphatic carbocycles. The van der Waals surface area contributed by atoms with Crippen molar-refractivity contribution in [3.63, 3.8) is 0 Å². The maximum atomic E-state index is 13.9.